The van der Waals surface area contributed by atoms with E-state index in [1.54, 1.807) is 13.3 Å². The molecule has 2 N–H and O–H groups in total. The highest BCUT2D eigenvalue weighted by atomic mass is 16.5. The molecule has 0 atom stereocenters. The molecule has 2 aromatic carbocycles. The Morgan fingerprint density at radius 1 is 1.09 bits per heavy atom. The minimum atomic E-state index is -0.161. The number of piperazine rings is 1. The second kappa shape index (κ2) is 8.83. The molecule has 1 fully saturated rings. The largest absolute Gasteiger partial charge is 0.497 e. The molecule has 0 spiro atoms. The quantitative estimate of drug-likeness (QED) is 0.584. The molecule has 5 rings (SSSR count). The fourth-order valence-corrected chi connectivity index (χ4v) is 4.63. The van der Waals surface area contributed by atoms with Crippen LogP contribution in [-0.2, 0) is 4.79 Å². The highest BCUT2D eigenvalue weighted by Crippen LogP contribution is 2.41. The van der Waals surface area contributed by atoms with Crippen LogP contribution in [-0.4, -0.2) is 66.9 Å². The second-order valence-corrected chi connectivity index (χ2v) is 8.81. The normalized spacial score (nSPS) is 17.1. The summed E-state index contributed by atoms with van der Waals surface area (Å²) in [6, 6.07) is 13.6. The summed E-state index contributed by atoms with van der Waals surface area (Å²) in [5.41, 5.74) is 6.35. The molecule has 3 aromatic rings. The third-order valence-electron chi connectivity index (χ3n) is 6.70. The van der Waals surface area contributed by atoms with E-state index in [0.717, 1.165) is 65.6 Å². The van der Waals surface area contributed by atoms with E-state index >= 15 is 0 Å². The summed E-state index contributed by atoms with van der Waals surface area (Å²) in [6.45, 7) is 5.10. The van der Waals surface area contributed by atoms with Gasteiger partial charge in [0.25, 0.3) is 11.8 Å². The molecule has 0 aliphatic carbocycles. The molecule has 3 heterocycles. The fraction of sp³-hybridized carbons (Fsp3) is 0.259. The molecular formula is C27H28N4O3. The SMILES string of the molecule is COc1cccc(-c2cccc3c2/C(=C/c2[nH]cc(C(=O)N4CCN(C)CC4)c2C)C(=O)N3)c1. The van der Waals surface area contributed by atoms with Crippen molar-refractivity contribution in [3.63, 3.8) is 0 Å². The van der Waals surface area contributed by atoms with Crippen LogP contribution in [0.4, 0.5) is 5.69 Å². The molecular weight excluding hydrogens is 428 g/mol. The van der Waals surface area contributed by atoms with E-state index < -0.39 is 0 Å². The molecule has 0 saturated carbocycles. The van der Waals surface area contributed by atoms with Gasteiger partial charge in [-0.25, -0.2) is 0 Å². The Morgan fingerprint density at radius 3 is 2.62 bits per heavy atom. The van der Waals surface area contributed by atoms with Crippen LogP contribution < -0.4 is 10.1 Å². The number of nitrogens with zero attached hydrogens (tertiary/aromatic N) is 2. The van der Waals surface area contributed by atoms with Gasteiger partial charge in [0.1, 0.15) is 5.75 Å². The maximum Gasteiger partial charge on any atom is 0.256 e. The zero-order chi connectivity index (χ0) is 23.8. The molecule has 34 heavy (non-hydrogen) atoms. The van der Waals surface area contributed by atoms with Gasteiger partial charge in [-0.1, -0.05) is 24.3 Å². The first-order chi connectivity index (χ1) is 16.5. The third kappa shape index (κ3) is 3.88. The van der Waals surface area contributed by atoms with Crippen molar-refractivity contribution in [1.29, 1.82) is 0 Å². The van der Waals surface area contributed by atoms with Crippen LogP contribution in [0.1, 0.15) is 27.2 Å². The molecule has 174 valence electrons. The zero-order valence-corrected chi connectivity index (χ0v) is 19.6. The average molecular weight is 457 g/mol. The van der Waals surface area contributed by atoms with Crippen LogP contribution in [0.3, 0.4) is 0 Å². The number of hydrogen-bond donors (Lipinski definition) is 2. The number of aromatic amines is 1. The lowest BCUT2D eigenvalue weighted by molar-refractivity contribution is -0.110. The molecule has 2 amide bonds. The number of nitrogens with one attached hydrogen (secondary N) is 2. The number of anilines is 1. The Labute approximate surface area is 199 Å². The molecule has 1 saturated heterocycles. The van der Waals surface area contributed by atoms with Gasteiger partial charge < -0.3 is 24.8 Å². The van der Waals surface area contributed by atoms with Crippen molar-refractivity contribution in [2.45, 2.75) is 6.92 Å². The molecule has 0 radical (unpaired) electrons. The summed E-state index contributed by atoms with van der Waals surface area (Å²) in [6.07, 6.45) is 3.60. The number of amides is 2. The van der Waals surface area contributed by atoms with Crippen LogP contribution in [0.5, 0.6) is 5.75 Å². The number of benzene rings is 2. The lowest BCUT2D eigenvalue weighted by atomic mass is 9.94. The van der Waals surface area contributed by atoms with Crippen molar-refractivity contribution in [1.82, 2.24) is 14.8 Å². The van der Waals surface area contributed by atoms with E-state index in [4.69, 9.17) is 4.74 Å². The van der Waals surface area contributed by atoms with Crippen molar-refractivity contribution >= 4 is 29.2 Å². The Morgan fingerprint density at radius 2 is 1.85 bits per heavy atom. The first-order valence-corrected chi connectivity index (χ1v) is 11.4. The summed E-state index contributed by atoms with van der Waals surface area (Å²) in [4.78, 5) is 33.4. The monoisotopic (exact) mass is 456 g/mol. The Bertz CT molecular complexity index is 1300. The minimum Gasteiger partial charge on any atom is -0.497 e. The van der Waals surface area contributed by atoms with Gasteiger partial charge in [-0.3, -0.25) is 9.59 Å². The van der Waals surface area contributed by atoms with E-state index in [1.165, 1.54) is 0 Å². The summed E-state index contributed by atoms with van der Waals surface area (Å²) in [5.74, 6) is 0.622. The number of aromatic nitrogens is 1. The molecule has 1 aromatic heterocycles. The second-order valence-electron chi connectivity index (χ2n) is 8.81. The van der Waals surface area contributed by atoms with Crippen LogP contribution in [0, 0.1) is 6.92 Å². The number of methoxy groups -OCH3 is 1. The maximum atomic E-state index is 13.1. The summed E-state index contributed by atoms with van der Waals surface area (Å²) >= 11 is 0. The van der Waals surface area contributed by atoms with Gasteiger partial charge in [0, 0.05) is 49.3 Å². The Balaban J connectivity index is 1.52. The number of H-pyrrole nitrogens is 1. The lowest BCUT2D eigenvalue weighted by Gasteiger charge is -2.32. The zero-order valence-electron chi connectivity index (χ0n) is 19.6. The maximum absolute atomic E-state index is 13.1. The van der Waals surface area contributed by atoms with Crippen molar-refractivity contribution in [2.24, 2.45) is 0 Å². The van der Waals surface area contributed by atoms with Crippen molar-refractivity contribution in [3.8, 4) is 16.9 Å². The predicted octanol–water partition coefficient (Wildman–Crippen LogP) is 3.88. The van der Waals surface area contributed by atoms with Crippen LogP contribution in [0.15, 0.2) is 48.7 Å². The van der Waals surface area contributed by atoms with Crippen LogP contribution in [0.25, 0.3) is 22.8 Å². The van der Waals surface area contributed by atoms with Gasteiger partial charge in [0.05, 0.1) is 18.2 Å². The highest BCUT2D eigenvalue weighted by molar-refractivity contribution is 6.36. The smallest absolute Gasteiger partial charge is 0.256 e. The molecule has 7 heteroatoms. The van der Waals surface area contributed by atoms with Gasteiger partial charge in [-0.2, -0.15) is 0 Å². The van der Waals surface area contributed by atoms with Crippen molar-refractivity contribution < 1.29 is 14.3 Å². The lowest BCUT2D eigenvalue weighted by Crippen LogP contribution is -2.47. The number of fused-ring (bicyclic) bond motifs is 1. The third-order valence-corrected chi connectivity index (χ3v) is 6.70. The first-order valence-electron chi connectivity index (χ1n) is 11.4. The van der Waals surface area contributed by atoms with Crippen LogP contribution >= 0.6 is 0 Å². The Hall–Kier alpha value is -3.84. The number of likely N-dealkylation sites (N-methyl/N-ethyl adjacent to an activating group) is 1. The van der Waals surface area contributed by atoms with Crippen molar-refractivity contribution in [2.75, 3.05) is 45.7 Å². The van der Waals surface area contributed by atoms with Gasteiger partial charge in [-0.05, 0) is 54.9 Å². The van der Waals surface area contributed by atoms with E-state index in [2.05, 4.69) is 22.2 Å². The minimum absolute atomic E-state index is 0.0276. The summed E-state index contributed by atoms with van der Waals surface area (Å²) < 4.78 is 5.40. The topological polar surface area (TPSA) is 77.7 Å². The molecule has 2 aliphatic heterocycles. The van der Waals surface area contributed by atoms with E-state index in [0.29, 0.717) is 11.1 Å². The van der Waals surface area contributed by atoms with Gasteiger partial charge in [0.2, 0.25) is 0 Å². The molecule has 7 nitrogen and oxygen atoms in total. The molecule has 0 unspecified atom stereocenters. The summed E-state index contributed by atoms with van der Waals surface area (Å²) in [5, 5.41) is 2.98. The summed E-state index contributed by atoms with van der Waals surface area (Å²) in [7, 11) is 3.71. The number of carbonyl (C=O) groups excluding carboxylic acids is 2. The van der Waals surface area contributed by atoms with E-state index in [1.807, 2.05) is 60.4 Å². The van der Waals surface area contributed by atoms with Gasteiger partial charge in [0.15, 0.2) is 0 Å². The van der Waals surface area contributed by atoms with Gasteiger partial charge >= 0.3 is 0 Å². The molecule has 2 aliphatic rings. The fourth-order valence-electron chi connectivity index (χ4n) is 4.63. The predicted molar refractivity (Wildman–Crippen MR) is 134 cm³/mol. The standard InChI is InChI=1S/C27H28N4O3/c1-17-22(27(33)31-12-10-30(2)11-13-31)16-28-24(17)15-21-25-20(8-5-9-23(25)29-26(21)32)18-6-4-7-19(14-18)34-3/h4-9,14-16,28H,10-13H2,1-3H3,(H,29,32)/b21-15-. The number of rotatable bonds is 4. The van der Waals surface area contributed by atoms with Crippen LogP contribution in [0.2, 0.25) is 0 Å². The van der Waals surface area contributed by atoms with E-state index in [-0.39, 0.29) is 11.8 Å². The van der Waals surface area contributed by atoms with E-state index in [9.17, 15) is 9.59 Å². The average Bonchev–Trinajstić information content (AvgIpc) is 3.38. The number of carbonyl (C=O) groups is 2. The number of hydrogen-bond acceptors (Lipinski definition) is 4. The number of ether oxygens (including phenoxy) is 1. The highest BCUT2D eigenvalue weighted by Gasteiger charge is 2.29. The first kappa shape index (κ1) is 22.0. The molecule has 0 bridgehead atoms. The Kier molecular flexibility index (Phi) is 5.71. The van der Waals surface area contributed by atoms with Crippen molar-refractivity contribution in [3.05, 3.63) is 71.0 Å². The van der Waals surface area contributed by atoms with Gasteiger partial charge in [-0.15, -0.1) is 0 Å².